The zero-order chi connectivity index (χ0) is 16.4. The predicted octanol–water partition coefficient (Wildman–Crippen LogP) is 1.54. The molecule has 3 aromatic rings. The van der Waals surface area contributed by atoms with Gasteiger partial charge in [-0.3, -0.25) is 9.48 Å². The first-order chi connectivity index (χ1) is 11.1. The van der Waals surface area contributed by atoms with Crippen molar-refractivity contribution in [3.63, 3.8) is 0 Å². The Kier molecular flexibility index (Phi) is 4.20. The van der Waals surface area contributed by atoms with Gasteiger partial charge in [-0.1, -0.05) is 18.2 Å². The van der Waals surface area contributed by atoms with Crippen LogP contribution in [0.15, 0.2) is 23.7 Å². The number of tetrazole rings is 1. The summed E-state index contributed by atoms with van der Waals surface area (Å²) in [5, 5.41) is 20.3. The second-order valence-corrected chi connectivity index (χ2v) is 6.35. The number of thiophene rings is 1. The van der Waals surface area contributed by atoms with Crippen molar-refractivity contribution < 1.29 is 4.79 Å². The van der Waals surface area contributed by atoms with Gasteiger partial charge in [0.2, 0.25) is 0 Å². The van der Waals surface area contributed by atoms with E-state index in [9.17, 15) is 4.79 Å². The maximum atomic E-state index is 12.8. The zero-order valence-electron chi connectivity index (χ0n) is 13.1. The lowest BCUT2D eigenvalue weighted by atomic mass is 10.1. The van der Waals surface area contributed by atoms with Gasteiger partial charge in [-0.05, 0) is 11.4 Å². The summed E-state index contributed by atoms with van der Waals surface area (Å²) in [6.07, 6.45) is 1.76. The van der Waals surface area contributed by atoms with Crippen LogP contribution < -0.4 is 0 Å². The van der Waals surface area contributed by atoms with Gasteiger partial charge in [0.1, 0.15) is 5.69 Å². The number of aromatic nitrogens is 6. The van der Waals surface area contributed by atoms with E-state index < -0.39 is 0 Å². The van der Waals surface area contributed by atoms with Crippen LogP contribution in [-0.4, -0.2) is 54.8 Å². The molecule has 0 unspecified atom stereocenters. The minimum atomic E-state index is -0.0724. The summed E-state index contributed by atoms with van der Waals surface area (Å²) in [5.41, 5.74) is 1.31. The molecule has 0 aliphatic rings. The molecule has 0 aromatic carbocycles. The van der Waals surface area contributed by atoms with Crippen molar-refractivity contribution in [3.8, 4) is 10.6 Å². The van der Waals surface area contributed by atoms with Crippen molar-refractivity contribution in [2.24, 2.45) is 7.05 Å². The fourth-order valence-corrected chi connectivity index (χ4v) is 3.12. The number of amides is 1. The number of nitrogens with zero attached hydrogens (tertiary/aromatic N) is 6. The van der Waals surface area contributed by atoms with Crippen LogP contribution >= 0.6 is 11.3 Å². The molecule has 0 aliphatic heterocycles. The van der Waals surface area contributed by atoms with Crippen molar-refractivity contribution in [2.75, 3.05) is 13.6 Å². The number of rotatable bonds is 5. The molecule has 8 nitrogen and oxygen atoms in total. The monoisotopic (exact) mass is 331 g/mol. The summed E-state index contributed by atoms with van der Waals surface area (Å²) >= 11 is 1.57. The highest BCUT2D eigenvalue weighted by atomic mass is 32.1. The van der Waals surface area contributed by atoms with E-state index in [1.54, 1.807) is 34.2 Å². The molecule has 0 radical (unpaired) electrons. The molecular weight excluding hydrogens is 314 g/mol. The van der Waals surface area contributed by atoms with Gasteiger partial charge < -0.3 is 4.90 Å². The van der Waals surface area contributed by atoms with Gasteiger partial charge in [0.05, 0.1) is 10.4 Å². The Morgan fingerprint density at radius 2 is 2.35 bits per heavy atom. The zero-order valence-corrected chi connectivity index (χ0v) is 13.9. The van der Waals surface area contributed by atoms with E-state index in [0.717, 1.165) is 4.88 Å². The van der Waals surface area contributed by atoms with Crippen molar-refractivity contribution in [1.29, 1.82) is 0 Å². The van der Waals surface area contributed by atoms with Crippen molar-refractivity contribution in [2.45, 2.75) is 12.8 Å². The first-order valence-corrected chi connectivity index (χ1v) is 8.00. The van der Waals surface area contributed by atoms with E-state index in [1.165, 1.54) is 0 Å². The average molecular weight is 331 g/mol. The van der Waals surface area contributed by atoms with Crippen LogP contribution in [0.1, 0.15) is 29.0 Å². The predicted molar refractivity (Wildman–Crippen MR) is 86.1 cm³/mol. The lowest BCUT2D eigenvalue weighted by Gasteiger charge is -2.19. The molecule has 3 rings (SSSR count). The Morgan fingerprint density at radius 3 is 3.00 bits per heavy atom. The van der Waals surface area contributed by atoms with Crippen molar-refractivity contribution in [3.05, 3.63) is 35.1 Å². The second-order valence-electron chi connectivity index (χ2n) is 5.40. The molecule has 0 bridgehead atoms. The number of hydrogen-bond donors (Lipinski definition) is 1. The number of H-pyrrole nitrogens is 1. The summed E-state index contributed by atoms with van der Waals surface area (Å²) in [4.78, 5) is 15.4. The second kappa shape index (κ2) is 6.29. The van der Waals surface area contributed by atoms with Gasteiger partial charge in [-0.15, -0.1) is 21.5 Å². The number of aromatic amines is 1. The topological polar surface area (TPSA) is 92.6 Å². The minimum absolute atomic E-state index is 0.00967. The third-order valence-electron chi connectivity index (χ3n) is 3.51. The Hall–Kier alpha value is -2.55. The van der Waals surface area contributed by atoms with Crippen LogP contribution in [-0.2, 0) is 7.05 Å². The van der Waals surface area contributed by atoms with Gasteiger partial charge >= 0.3 is 0 Å². The van der Waals surface area contributed by atoms with Crippen LogP contribution in [0.4, 0.5) is 0 Å². The molecule has 9 heteroatoms. The quantitative estimate of drug-likeness (QED) is 0.765. The molecule has 1 N–H and O–H groups in total. The maximum absolute atomic E-state index is 12.8. The molecule has 0 spiro atoms. The number of carbonyl (C=O) groups excluding carboxylic acids is 1. The summed E-state index contributed by atoms with van der Waals surface area (Å²) in [6, 6.07) is 3.91. The van der Waals surface area contributed by atoms with E-state index in [4.69, 9.17) is 0 Å². The smallest absolute Gasteiger partial charge is 0.257 e. The lowest BCUT2D eigenvalue weighted by Crippen LogP contribution is -2.30. The van der Waals surface area contributed by atoms with E-state index in [1.807, 2.05) is 31.5 Å². The summed E-state index contributed by atoms with van der Waals surface area (Å²) in [6.45, 7) is 2.45. The van der Waals surface area contributed by atoms with Gasteiger partial charge in [-0.2, -0.15) is 10.3 Å². The van der Waals surface area contributed by atoms with Gasteiger partial charge in [0.15, 0.2) is 5.82 Å². The Morgan fingerprint density at radius 1 is 1.52 bits per heavy atom. The molecule has 120 valence electrons. The van der Waals surface area contributed by atoms with Gasteiger partial charge in [0, 0.05) is 32.8 Å². The molecule has 1 atom stereocenters. The fourth-order valence-electron chi connectivity index (χ4n) is 2.40. The Balaban J connectivity index is 1.80. The fraction of sp³-hybridized carbons (Fsp3) is 0.357. The number of hydrogen-bond acceptors (Lipinski definition) is 6. The highest BCUT2D eigenvalue weighted by Gasteiger charge is 2.23. The van der Waals surface area contributed by atoms with E-state index in [-0.39, 0.29) is 11.8 Å². The molecule has 3 heterocycles. The van der Waals surface area contributed by atoms with E-state index in [0.29, 0.717) is 23.6 Å². The highest BCUT2D eigenvalue weighted by Crippen LogP contribution is 2.27. The highest BCUT2D eigenvalue weighted by molar-refractivity contribution is 7.13. The summed E-state index contributed by atoms with van der Waals surface area (Å²) in [5.74, 6) is 0.510. The lowest BCUT2D eigenvalue weighted by molar-refractivity contribution is 0.0788. The van der Waals surface area contributed by atoms with Crippen LogP contribution in [0.5, 0.6) is 0 Å². The Labute approximate surface area is 137 Å². The molecule has 3 aromatic heterocycles. The van der Waals surface area contributed by atoms with Gasteiger partial charge in [0.25, 0.3) is 5.91 Å². The van der Waals surface area contributed by atoms with Crippen LogP contribution in [0.25, 0.3) is 10.6 Å². The van der Waals surface area contributed by atoms with Gasteiger partial charge in [-0.25, -0.2) is 0 Å². The summed E-state index contributed by atoms with van der Waals surface area (Å²) < 4.78 is 1.67. The van der Waals surface area contributed by atoms with Crippen molar-refractivity contribution >= 4 is 17.2 Å². The number of aryl methyl sites for hydroxylation is 1. The van der Waals surface area contributed by atoms with Crippen LogP contribution in [0.3, 0.4) is 0 Å². The van der Waals surface area contributed by atoms with Crippen molar-refractivity contribution in [1.82, 2.24) is 35.3 Å². The molecule has 0 saturated carbocycles. The number of nitrogens with one attached hydrogen (secondary N) is 1. The molecule has 1 amide bonds. The number of carbonyl (C=O) groups is 1. The molecule has 0 fully saturated rings. The molecular formula is C14H17N7OS. The largest absolute Gasteiger partial charge is 0.341 e. The van der Waals surface area contributed by atoms with E-state index >= 15 is 0 Å². The average Bonchev–Trinajstić information content (AvgIpc) is 3.26. The van der Waals surface area contributed by atoms with E-state index in [2.05, 4.69) is 25.7 Å². The third-order valence-corrected chi connectivity index (χ3v) is 4.39. The first kappa shape index (κ1) is 15.3. The number of likely N-dealkylation sites (N-methyl/N-ethyl adjacent to an activating group) is 1. The summed E-state index contributed by atoms with van der Waals surface area (Å²) in [7, 11) is 3.58. The van der Waals surface area contributed by atoms with Crippen LogP contribution in [0, 0.1) is 0 Å². The normalized spacial score (nSPS) is 12.3. The van der Waals surface area contributed by atoms with Crippen LogP contribution in [0.2, 0.25) is 0 Å². The molecule has 23 heavy (non-hydrogen) atoms. The standard InChI is InChI=1S/C14H17N7OS/c1-9(13-15-18-19-16-13)7-20(2)14(22)10-8-21(3)17-12(10)11-5-4-6-23-11/h4-6,8-9H,7H2,1-3H3,(H,15,16,18,19)/t9-/m1/s1. The molecule has 0 saturated heterocycles. The maximum Gasteiger partial charge on any atom is 0.257 e. The minimum Gasteiger partial charge on any atom is -0.341 e. The Bertz CT molecular complexity index is 778. The first-order valence-electron chi connectivity index (χ1n) is 7.12. The third kappa shape index (κ3) is 3.14. The molecule has 0 aliphatic carbocycles. The SMILES string of the molecule is C[C@H](CN(C)C(=O)c1cn(C)nc1-c1cccs1)c1nn[nH]n1.